The van der Waals surface area contributed by atoms with Crippen LogP contribution in [-0.2, 0) is 17.0 Å². The zero-order chi connectivity index (χ0) is 28.4. The van der Waals surface area contributed by atoms with Crippen LogP contribution in [0.4, 0.5) is 24.5 Å². The van der Waals surface area contributed by atoms with Crippen LogP contribution in [0, 0.1) is 12.3 Å². The summed E-state index contributed by atoms with van der Waals surface area (Å²) in [7, 11) is 0. The van der Waals surface area contributed by atoms with Gasteiger partial charge in [0.2, 0.25) is 5.69 Å². The summed E-state index contributed by atoms with van der Waals surface area (Å²) in [5, 5.41) is 9.68. The third kappa shape index (κ3) is 5.33. The maximum absolute atomic E-state index is 13.5. The van der Waals surface area contributed by atoms with Gasteiger partial charge >= 0.3 is 6.18 Å². The van der Waals surface area contributed by atoms with Crippen LogP contribution in [-0.4, -0.2) is 35.1 Å². The number of hydrogen-bond acceptors (Lipinski definition) is 2. The van der Waals surface area contributed by atoms with Gasteiger partial charge in [-0.25, -0.2) is 0 Å². The van der Waals surface area contributed by atoms with Crippen LogP contribution in [0.15, 0.2) is 78.5 Å². The summed E-state index contributed by atoms with van der Waals surface area (Å²) in [5.74, 6) is 2.65. The Labute approximate surface area is 229 Å². The molecule has 0 saturated heterocycles. The van der Waals surface area contributed by atoms with Crippen molar-refractivity contribution >= 4 is 17.1 Å². The molecule has 0 radical (unpaired) electrons. The number of hydrogen-bond donors (Lipinski definition) is 1. The molecule has 3 nitrogen and oxygen atoms in total. The van der Waals surface area contributed by atoms with Gasteiger partial charge in [0.1, 0.15) is 6.61 Å². The summed E-state index contributed by atoms with van der Waals surface area (Å²) in [5.41, 5.74) is 4.35. The van der Waals surface area contributed by atoms with E-state index >= 15 is 0 Å². The molecule has 0 saturated carbocycles. The van der Waals surface area contributed by atoms with Crippen LogP contribution in [0.5, 0.6) is 0 Å². The van der Waals surface area contributed by atoms with Gasteiger partial charge in [0, 0.05) is 47.5 Å². The summed E-state index contributed by atoms with van der Waals surface area (Å²) in [6, 6.07) is 12.2. The second-order valence-electron chi connectivity index (χ2n) is 11.0. The van der Waals surface area contributed by atoms with E-state index in [2.05, 4.69) is 47.5 Å². The highest BCUT2D eigenvalue weighted by Gasteiger charge is 2.44. The summed E-state index contributed by atoms with van der Waals surface area (Å²) in [4.78, 5) is 2.09. The summed E-state index contributed by atoms with van der Waals surface area (Å²) in [6.07, 6.45) is 12.3. The van der Waals surface area contributed by atoms with Gasteiger partial charge < -0.3 is 10.0 Å². The second kappa shape index (κ2) is 10.9. The van der Waals surface area contributed by atoms with Gasteiger partial charge in [0.05, 0.1) is 11.0 Å². The molecule has 0 bridgehead atoms. The van der Waals surface area contributed by atoms with Crippen LogP contribution >= 0.6 is 0 Å². The number of aliphatic hydroxyl groups excluding tert-OH is 1. The van der Waals surface area contributed by atoms with Crippen molar-refractivity contribution in [1.82, 2.24) is 0 Å². The Kier molecular flexibility index (Phi) is 7.95. The zero-order valence-corrected chi connectivity index (χ0v) is 23.0. The van der Waals surface area contributed by atoms with E-state index in [1.807, 2.05) is 50.3 Å². The Morgan fingerprint density at radius 2 is 1.74 bits per heavy atom. The van der Waals surface area contributed by atoms with Crippen LogP contribution in [0.25, 0.3) is 0 Å². The smallest absolute Gasteiger partial charge is 0.390 e. The first kappa shape index (κ1) is 28.4. The Morgan fingerprint density at radius 1 is 1.00 bits per heavy atom. The molecule has 6 heteroatoms. The molecule has 2 aromatic rings. The normalized spacial score (nSPS) is 18.8. The average molecular weight is 534 g/mol. The van der Waals surface area contributed by atoms with Crippen molar-refractivity contribution < 1.29 is 22.9 Å². The minimum absolute atomic E-state index is 0.0465. The highest BCUT2D eigenvalue weighted by atomic mass is 19.4. The molecule has 2 aliphatic heterocycles. The Balaban J connectivity index is 1.65. The fourth-order valence-corrected chi connectivity index (χ4v) is 5.77. The summed E-state index contributed by atoms with van der Waals surface area (Å²) < 4.78 is 42.6. The second-order valence-corrected chi connectivity index (χ2v) is 11.0. The molecule has 204 valence electrons. The molecular weight excluding hydrogens is 497 g/mol. The quantitative estimate of drug-likeness (QED) is 0.167. The molecule has 0 atom stereocenters. The number of aliphatic hydroxyl groups is 1. The third-order valence-corrected chi connectivity index (χ3v) is 7.78. The molecule has 0 spiro atoms. The number of alkyl halides is 3. The van der Waals surface area contributed by atoms with Crippen molar-refractivity contribution in [3.05, 3.63) is 95.2 Å². The molecule has 2 heterocycles. The molecule has 4 rings (SSSR count). The molecule has 0 aromatic heterocycles. The van der Waals surface area contributed by atoms with Crippen LogP contribution in [0.1, 0.15) is 57.2 Å². The van der Waals surface area contributed by atoms with Gasteiger partial charge in [-0.05, 0) is 50.1 Å². The van der Waals surface area contributed by atoms with Gasteiger partial charge in [-0.2, -0.15) is 17.7 Å². The molecule has 39 heavy (non-hydrogen) atoms. The number of nitrogens with zero attached hydrogens (tertiary/aromatic N) is 2. The van der Waals surface area contributed by atoms with Crippen LogP contribution in [0.3, 0.4) is 0 Å². The summed E-state index contributed by atoms with van der Waals surface area (Å²) >= 11 is 0. The lowest BCUT2D eigenvalue weighted by Gasteiger charge is -2.26. The van der Waals surface area contributed by atoms with E-state index < -0.39 is 17.2 Å². The molecule has 0 amide bonds. The average Bonchev–Trinajstić information content (AvgIpc) is 3.23. The minimum Gasteiger partial charge on any atom is -0.390 e. The standard InChI is InChI=1S/C33H36F3N2O/c1-6-7-13-20-37-28-19-18-24(33(34,35)36)23-26(28)32(4,5)30(37)17-10-8-9-16-29-31(2,3)25-14-11-12-15-27(25)38(29)21-22-39/h1,8-12,14-19,23,39H,7,13,20-22H2,2-5H3/q+1. The molecule has 0 aliphatic carbocycles. The maximum Gasteiger partial charge on any atom is 0.416 e. The molecule has 0 unspecified atom stereocenters. The number of anilines is 1. The van der Waals surface area contributed by atoms with Crippen molar-refractivity contribution in [3.63, 3.8) is 0 Å². The Hall–Kier alpha value is -3.56. The largest absolute Gasteiger partial charge is 0.416 e. The monoisotopic (exact) mass is 533 g/mol. The lowest BCUT2D eigenvalue weighted by Crippen LogP contribution is -2.28. The van der Waals surface area contributed by atoms with E-state index in [0.717, 1.165) is 35.3 Å². The number of para-hydroxylation sites is 1. The molecule has 2 aromatic carbocycles. The number of rotatable bonds is 8. The predicted molar refractivity (Wildman–Crippen MR) is 153 cm³/mol. The molecule has 0 fully saturated rings. The third-order valence-electron chi connectivity index (χ3n) is 7.78. The lowest BCUT2D eigenvalue weighted by molar-refractivity contribution is -0.441. The lowest BCUT2D eigenvalue weighted by atomic mass is 9.81. The molecular formula is C33H36F3N2O+. The first-order valence-electron chi connectivity index (χ1n) is 13.3. The maximum atomic E-state index is 13.5. The first-order valence-corrected chi connectivity index (χ1v) is 13.3. The van der Waals surface area contributed by atoms with E-state index in [-0.39, 0.29) is 12.0 Å². The number of benzene rings is 2. The van der Waals surface area contributed by atoms with E-state index in [9.17, 15) is 18.3 Å². The van der Waals surface area contributed by atoms with E-state index in [4.69, 9.17) is 6.42 Å². The topological polar surface area (TPSA) is 26.5 Å². The van der Waals surface area contributed by atoms with E-state index in [1.165, 1.54) is 11.6 Å². The summed E-state index contributed by atoms with van der Waals surface area (Å²) in [6.45, 7) is 9.46. The zero-order valence-electron chi connectivity index (χ0n) is 23.0. The number of terminal acetylenes is 1. The number of β-amino-alcohol motifs (C(OH)–C–C–N with tert-alkyl or cyclic N) is 1. The molecule has 2 aliphatic rings. The highest BCUT2D eigenvalue weighted by molar-refractivity contribution is 6.03. The molecule has 1 N–H and O–H groups in total. The number of unbranched alkanes of at least 4 members (excludes halogenated alkanes) is 1. The van der Waals surface area contributed by atoms with E-state index in [0.29, 0.717) is 25.1 Å². The Morgan fingerprint density at radius 3 is 2.44 bits per heavy atom. The predicted octanol–water partition coefficient (Wildman–Crippen LogP) is 7.28. The SMILES string of the molecule is C#CCCCN1/C(=C/C=C\C=C\C2=[N+](CCO)c3ccccc3C2(C)C)C(C)(C)c2cc(C(F)(F)F)ccc21. The minimum atomic E-state index is -4.40. The van der Waals surface area contributed by atoms with Gasteiger partial charge in [-0.3, -0.25) is 0 Å². The van der Waals surface area contributed by atoms with Gasteiger partial charge in [0.25, 0.3) is 0 Å². The highest BCUT2D eigenvalue weighted by Crippen LogP contribution is 2.49. The fraction of sp³-hybridized carbons (Fsp3) is 0.364. The van der Waals surface area contributed by atoms with Crippen molar-refractivity contribution in [3.8, 4) is 12.3 Å². The van der Waals surface area contributed by atoms with Crippen molar-refractivity contribution in [2.24, 2.45) is 0 Å². The number of halogens is 3. The number of allylic oxidation sites excluding steroid dienone is 6. The van der Waals surface area contributed by atoms with Crippen molar-refractivity contribution in [2.45, 2.75) is 57.5 Å². The fourth-order valence-electron chi connectivity index (χ4n) is 5.77. The van der Waals surface area contributed by atoms with Gasteiger partial charge in [-0.15, -0.1) is 12.3 Å². The van der Waals surface area contributed by atoms with Crippen molar-refractivity contribution in [1.29, 1.82) is 0 Å². The van der Waals surface area contributed by atoms with Crippen molar-refractivity contribution in [2.75, 3.05) is 24.6 Å². The first-order chi connectivity index (χ1) is 18.4. The van der Waals surface area contributed by atoms with Crippen LogP contribution < -0.4 is 4.90 Å². The van der Waals surface area contributed by atoms with Gasteiger partial charge in [-0.1, -0.05) is 50.3 Å². The number of fused-ring (bicyclic) bond motifs is 2. The van der Waals surface area contributed by atoms with Crippen LogP contribution in [0.2, 0.25) is 0 Å². The van der Waals surface area contributed by atoms with E-state index in [1.54, 1.807) is 6.07 Å². The Bertz CT molecular complexity index is 1400. The van der Waals surface area contributed by atoms with Gasteiger partial charge in [0.15, 0.2) is 12.3 Å².